The monoisotopic (exact) mass is 214 g/mol. The number of nitrogens with zero attached hydrogens (tertiary/aromatic N) is 1. The molecule has 0 aliphatic rings. The number of aldehydes is 1. The molecule has 1 heterocycles. The number of nitrogen functional groups attached to an aromatic ring is 1. The van der Waals surface area contributed by atoms with Gasteiger partial charge in [-0.25, -0.2) is 0 Å². The predicted molar refractivity (Wildman–Crippen MR) is 46.7 cm³/mol. The van der Waals surface area contributed by atoms with Crippen LogP contribution in [0.5, 0.6) is 0 Å². The second-order valence-corrected chi connectivity index (χ2v) is 2.63. The lowest BCUT2D eigenvalue weighted by molar-refractivity contribution is 0.112. The third kappa shape index (κ3) is 1.77. The van der Waals surface area contributed by atoms with Crippen LogP contribution in [-0.2, 0) is 5.33 Å². The Morgan fingerprint density at radius 1 is 1.73 bits per heavy atom. The second-order valence-electron chi connectivity index (χ2n) is 2.07. The van der Waals surface area contributed by atoms with Crippen molar-refractivity contribution >= 4 is 27.9 Å². The van der Waals surface area contributed by atoms with Crippen LogP contribution in [0.4, 0.5) is 5.69 Å². The van der Waals surface area contributed by atoms with Gasteiger partial charge in [0.25, 0.3) is 0 Å². The highest BCUT2D eigenvalue weighted by molar-refractivity contribution is 9.08. The first-order valence-corrected chi connectivity index (χ1v) is 4.15. The minimum Gasteiger partial charge on any atom is -0.397 e. The Morgan fingerprint density at radius 2 is 2.45 bits per heavy atom. The van der Waals surface area contributed by atoms with Gasteiger partial charge in [-0.15, -0.1) is 0 Å². The Balaban J connectivity index is 3.09. The average Bonchev–Trinajstić information content (AvgIpc) is 2.04. The zero-order valence-corrected chi connectivity index (χ0v) is 7.34. The van der Waals surface area contributed by atoms with Crippen LogP contribution in [0.15, 0.2) is 12.3 Å². The molecule has 0 aliphatic carbocycles. The summed E-state index contributed by atoms with van der Waals surface area (Å²) < 4.78 is 0. The molecule has 0 saturated heterocycles. The van der Waals surface area contributed by atoms with E-state index in [-0.39, 0.29) is 0 Å². The summed E-state index contributed by atoms with van der Waals surface area (Å²) in [6.07, 6.45) is 2.27. The summed E-state index contributed by atoms with van der Waals surface area (Å²) in [6.45, 7) is 0. The fourth-order valence-corrected chi connectivity index (χ4v) is 1.02. The normalized spacial score (nSPS) is 9.55. The number of halogens is 1. The quantitative estimate of drug-likeness (QED) is 0.598. The number of carbonyl (C=O) groups is 1. The van der Waals surface area contributed by atoms with E-state index in [2.05, 4.69) is 20.9 Å². The number of hydrogen-bond donors (Lipinski definition) is 1. The van der Waals surface area contributed by atoms with Gasteiger partial charge in [0.05, 0.1) is 5.69 Å². The number of anilines is 1. The molecule has 4 heteroatoms. The minimum atomic E-state index is 0.301. The highest BCUT2D eigenvalue weighted by Crippen LogP contribution is 2.11. The van der Waals surface area contributed by atoms with Crippen LogP contribution >= 0.6 is 15.9 Å². The van der Waals surface area contributed by atoms with Gasteiger partial charge in [0.1, 0.15) is 5.69 Å². The van der Waals surface area contributed by atoms with E-state index in [1.165, 1.54) is 0 Å². The van der Waals surface area contributed by atoms with Gasteiger partial charge in [-0.05, 0) is 11.6 Å². The van der Waals surface area contributed by atoms with Crippen LogP contribution in [-0.4, -0.2) is 11.3 Å². The summed E-state index contributed by atoms with van der Waals surface area (Å²) in [7, 11) is 0. The van der Waals surface area contributed by atoms with Crippen molar-refractivity contribution in [1.82, 2.24) is 4.98 Å². The van der Waals surface area contributed by atoms with Gasteiger partial charge in [0, 0.05) is 11.5 Å². The van der Waals surface area contributed by atoms with Crippen molar-refractivity contribution in [3.63, 3.8) is 0 Å². The van der Waals surface area contributed by atoms with Crippen molar-refractivity contribution < 1.29 is 4.79 Å². The molecule has 0 bridgehead atoms. The predicted octanol–water partition coefficient (Wildman–Crippen LogP) is 1.37. The van der Waals surface area contributed by atoms with Crippen LogP contribution < -0.4 is 5.73 Å². The van der Waals surface area contributed by atoms with E-state index in [4.69, 9.17) is 5.73 Å². The number of nitrogens with two attached hydrogens (primary N) is 1. The van der Waals surface area contributed by atoms with Crippen LogP contribution in [0.25, 0.3) is 0 Å². The molecule has 1 aromatic heterocycles. The Morgan fingerprint density at radius 3 is 2.91 bits per heavy atom. The summed E-state index contributed by atoms with van der Waals surface area (Å²) in [5, 5.41) is 0.698. The molecule has 3 nitrogen and oxygen atoms in total. The highest BCUT2D eigenvalue weighted by Gasteiger charge is 1.99. The van der Waals surface area contributed by atoms with Gasteiger partial charge in [0.2, 0.25) is 0 Å². The Bertz CT molecular complexity index is 275. The fourth-order valence-electron chi connectivity index (χ4n) is 0.709. The number of pyridine rings is 1. The first-order chi connectivity index (χ1) is 5.27. The lowest BCUT2D eigenvalue weighted by atomic mass is 10.2. The maximum absolute atomic E-state index is 10.3. The molecule has 1 rings (SSSR count). The van der Waals surface area contributed by atoms with Crippen molar-refractivity contribution in [2.24, 2.45) is 0 Å². The molecule has 58 valence electrons. The van der Waals surface area contributed by atoms with Crippen molar-refractivity contribution in [3.8, 4) is 0 Å². The molecular formula is C7H7BrN2O. The molecule has 0 amide bonds. The molecule has 11 heavy (non-hydrogen) atoms. The van der Waals surface area contributed by atoms with Gasteiger partial charge < -0.3 is 5.73 Å². The molecule has 2 N–H and O–H groups in total. The van der Waals surface area contributed by atoms with Crippen molar-refractivity contribution in [2.45, 2.75) is 5.33 Å². The number of hydrogen-bond acceptors (Lipinski definition) is 3. The van der Waals surface area contributed by atoms with E-state index in [1.54, 1.807) is 12.3 Å². The van der Waals surface area contributed by atoms with E-state index in [0.717, 1.165) is 5.56 Å². The third-order valence-corrected chi connectivity index (χ3v) is 1.92. The maximum Gasteiger partial charge on any atom is 0.170 e. The summed E-state index contributed by atoms with van der Waals surface area (Å²) >= 11 is 3.25. The highest BCUT2D eigenvalue weighted by atomic mass is 79.9. The molecule has 0 saturated carbocycles. The second kappa shape index (κ2) is 3.48. The third-order valence-electron chi connectivity index (χ3n) is 1.27. The Hall–Kier alpha value is -0.900. The molecule has 1 aromatic rings. The van der Waals surface area contributed by atoms with Crippen LogP contribution in [0.3, 0.4) is 0 Å². The number of aromatic nitrogens is 1. The van der Waals surface area contributed by atoms with Gasteiger partial charge >= 0.3 is 0 Å². The largest absolute Gasteiger partial charge is 0.397 e. The Labute approximate surface area is 72.7 Å². The van der Waals surface area contributed by atoms with E-state index >= 15 is 0 Å². The zero-order chi connectivity index (χ0) is 8.27. The molecule has 0 spiro atoms. The van der Waals surface area contributed by atoms with Crippen LogP contribution in [0, 0.1) is 0 Å². The Kier molecular flexibility index (Phi) is 2.59. The van der Waals surface area contributed by atoms with E-state index in [0.29, 0.717) is 23.0 Å². The summed E-state index contributed by atoms with van der Waals surface area (Å²) in [5.41, 5.74) is 7.19. The molecule has 0 fully saturated rings. The maximum atomic E-state index is 10.3. The molecule has 0 atom stereocenters. The fraction of sp³-hybridized carbons (Fsp3) is 0.143. The summed E-state index contributed by atoms with van der Waals surface area (Å²) in [6, 6.07) is 1.73. The topological polar surface area (TPSA) is 56.0 Å². The average molecular weight is 215 g/mol. The summed E-state index contributed by atoms with van der Waals surface area (Å²) in [4.78, 5) is 14.1. The molecule has 0 radical (unpaired) electrons. The lowest BCUT2D eigenvalue weighted by Gasteiger charge is -1.98. The number of rotatable bonds is 2. The van der Waals surface area contributed by atoms with Gasteiger partial charge in [-0.3, -0.25) is 9.78 Å². The molecular weight excluding hydrogens is 208 g/mol. The standard InChI is InChI=1S/C7H7BrN2O/c8-2-5-1-6(9)7(4-11)10-3-5/h1,3-4H,2,9H2. The van der Waals surface area contributed by atoms with Crippen molar-refractivity contribution in [1.29, 1.82) is 0 Å². The van der Waals surface area contributed by atoms with Crippen LogP contribution in [0.2, 0.25) is 0 Å². The smallest absolute Gasteiger partial charge is 0.170 e. The minimum absolute atomic E-state index is 0.301. The van der Waals surface area contributed by atoms with E-state index in [9.17, 15) is 4.79 Å². The van der Waals surface area contributed by atoms with E-state index in [1.807, 2.05) is 0 Å². The van der Waals surface area contributed by atoms with E-state index < -0.39 is 0 Å². The van der Waals surface area contributed by atoms with Crippen molar-refractivity contribution in [2.75, 3.05) is 5.73 Å². The van der Waals surface area contributed by atoms with Crippen LogP contribution in [0.1, 0.15) is 16.1 Å². The lowest BCUT2D eigenvalue weighted by Crippen LogP contribution is -1.97. The van der Waals surface area contributed by atoms with Gasteiger partial charge in [0.15, 0.2) is 6.29 Å². The molecule has 0 aliphatic heterocycles. The first kappa shape index (κ1) is 8.20. The van der Waals surface area contributed by atoms with Gasteiger partial charge in [-0.1, -0.05) is 15.9 Å². The van der Waals surface area contributed by atoms with Gasteiger partial charge in [-0.2, -0.15) is 0 Å². The zero-order valence-electron chi connectivity index (χ0n) is 5.75. The van der Waals surface area contributed by atoms with Crippen molar-refractivity contribution in [3.05, 3.63) is 23.5 Å². The number of alkyl halides is 1. The summed E-state index contributed by atoms with van der Waals surface area (Å²) in [5.74, 6) is 0. The molecule has 0 aromatic carbocycles. The number of carbonyl (C=O) groups excluding carboxylic acids is 1. The first-order valence-electron chi connectivity index (χ1n) is 3.03. The SMILES string of the molecule is Nc1cc(CBr)cnc1C=O. The molecule has 0 unspecified atom stereocenters.